The molecule has 0 radical (unpaired) electrons. The van der Waals surface area contributed by atoms with Gasteiger partial charge in [-0.05, 0) is 43.6 Å². The molecular formula is C15H17N3O2S. The van der Waals surface area contributed by atoms with E-state index in [1.54, 1.807) is 10.6 Å². The lowest BCUT2D eigenvalue weighted by Gasteiger charge is -2.28. The van der Waals surface area contributed by atoms with Crippen LogP contribution in [0.4, 0.5) is 0 Å². The number of nitrogens with one attached hydrogen (secondary N) is 1. The fourth-order valence-electron chi connectivity index (χ4n) is 3.16. The van der Waals surface area contributed by atoms with Gasteiger partial charge < -0.3 is 10.7 Å². The molecule has 3 rings (SSSR count). The summed E-state index contributed by atoms with van der Waals surface area (Å²) < 4.78 is 2.03. The maximum Gasteiger partial charge on any atom is 0.262 e. The van der Waals surface area contributed by atoms with Crippen LogP contribution in [0, 0.1) is 10.7 Å². The van der Waals surface area contributed by atoms with Crippen molar-refractivity contribution in [3.05, 3.63) is 39.4 Å². The standard InChI is InChI=1S/C15H17N3O2S/c16-13(19)9-4-3-5-10(8-9)18-14(20)11-6-1-2-7-12(11)17-15(18)21/h1-2,6-7,9-10H,3-5,8H2,(H2,16,19)(H,17,21)/t9-,10-/m1/s1. The van der Waals surface area contributed by atoms with Gasteiger partial charge in [0, 0.05) is 12.0 Å². The fourth-order valence-corrected chi connectivity index (χ4v) is 3.51. The van der Waals surface area contributed by atoms with Crippen molar-refractivity contribution in [3.63, 3.8) is 0 Å². The van der Waals surface area contributed by atoms with Crippen LogP contribution in [-0.2, 0) is 4.79 Å². The van der Waals surface area contributed by atoms with Gasteiger partial charge in [0.05, 0.1) is 10.9 Å². The lowest BCUT2D eigenvalue weighted by molar-refractivity contribution is -0.123. The van der Waals surface area contributed by atoms with Crippen molar-refractivity contribution < 1.29 is 4.79 Å². The highest BCUT2D eigenvalue weighted by molar-refractivity contribution is 7.71. The Bertz CT molecular complexity index is 808. The van der Waals surface area contributed by atoms with Gasteiger partial charge in [-0.2, -0.15) is 0 Å². The van der Waals surface area contributed by atoms with Crippen molar-refractivity contribution in [2.24, 2.45) is 11.7 Å². The van der Waals surface area contributed by atoms with Gasteiger partial charge in [0.2, 0.25) is 5.91 Å². The Morgan fingerprint density at radius 1 is 1.33 bits per heavy atom. The summed E-state index contributed by atoms with van der Waals surface area (Å²) in [6, 6.07) is 7.26. The monoisotopic (exact) mass is 303 g/mol. The van der Waals surface area contributed by atoms with Gasteiger partial charge in [0.15, 0.2) is 4.77 Å². The first-order chi connectivity index (χ1) is 10.1. The Morgan fingerprint density at radius 2 is 2.10 bits per heavy atom. The van der Waals surface area contributed by atoms with Crippen LogP contribution in [-0.4, -0.2) is 15.5 Å². The van der Waals surface area contributed by atoms with Crippen molar-refractivity contribution in [1.82, 2.24) is 9.55 Å². The second kappa shape index (κ2) is 5.44. The largest absolute Gasteiger partial charge is 0.369 e. The predicted molar refractivity (Wildman–Crippen MR) is 83.6 cm³/mol. The number of amides is 1. The van der Waals surface area contributed by atoms with Crippen LogP contribution in [0.5, 0.6) is 0 Å². The van der Waals surface area contributed by atoms with Crippen molar-refractivity contribution >= 4 is 29.0 Å². The van der Waals surface area contributed by atoms with Crippen LogP contribution in [0.3, 0.4) is 0 Å². The Hall–Kier alpha value is -1.95. The van der Waals surface area contributed by atoms with Crippen LogP contribution in [0.25, 0.3) is 10.9 Å². The van der Waals surface area contributed by atoms with Gasteiger partial charge in [0.25, 0.3) is 5.56 Å². The number of nitrogens with zero attached hydrogens (tertiary/aromatic N) is 1. The topological polar surface area (TPSA) is 80.9 Å². The first-order valence-electron chi connectivity index (χ1n) is 7.11. The van der Waals surface area contributed by atoms with Crippen LogP contribution >= 0.6 is 12.2 Å². The Labute approximate surface area is 126 Å². The lowest BCUT2D eigenvalue weighted by Crippen LogP contribution is -2.34. The number of hydrogen-bond acceptors (Lipinski definition) is 3. The van der Waals surface area contributed by atoms with Crippen molar-refractivity contribution in [1.29, 1.82) is 0 Å². The minimum Gasteiger partial charge on any atom is -0.369 e. The molecule has 6 heteroatoms. The third-order valence-electron chi connectivity index (χ3n) is 4.25. The number of hydrogen-bond donors (Lipinski definition) is 2. The van der Waals surface area contributed by atoms with E-state index in [4.69, 9.17) is 18.0 Å². The van der Waals surface area contributed by atoms with E-state index >= 15 is 0 Å². The molecule has 0 spiro atoms. The molecule has 1 heterocycles. The molecule has 2 aromatic rings. The number of benzene rings is 1. The van der Waals surface area contributed by atoms with Crippen LogP contribution in [0.15, 0.2) is 29.1 Å². The Morgan fingerprint density at radius 3 is 2.86 bits per heavy atom. The molecule has 1 aliphatic carbocycles. The molecule has 1 aromatic carbocycles. The van der Waals surface area contributed by atoms with Crippen LogP contribution < -0.4 is 11.3 Å². The number of H-pyrrole nitrogens is 1. The first-order valence-corrected chi connectivity index (χ1v) is 7.51. The maximum absolute atomic E-state index is 12.7. The molecule has 1 amide bonds. The molecule has 110 valence electrons. The number of aromatic nitrogens is 2. The van der Waals surface area contributed by atoms with Crippen molar-refractivity contribution in [3.8, 4) is 0 Å². The third kappa shape index (κ3) is 2.51. The van der Waals surface area contributed by atoms with E-state index in [1.807, 2.05) is 18.2 Å². The summed E-state index contributed by atoms with van der Waals surface area (Å²) in [6.45, 7) is 0. The second-order valence-electron chi connectivity index (χ2n) is 5.57. The van der Waals surface area contributed by atoms with Crippen molar-refractivity contribution in [2.45, 2.75) is 31.7 Å². The van der Waals surface area contributed by atoms with E-state index < -0.39 is 0 Å². The van der Waals surface area contributed by atoms with Crippen LogP contribution in [0.1, 0.15) is 31.7 Å². The zero-order valence-electron chi connectivity index (χ0n) is 11.5. The van der Waals surface area contributed by atoms with E-state index in [1.165, 1.54) is 0 Å². The summed E-state index contributed by atoms with van der Waals surface area (Å²) in [5.74, 6) is -0.458. The highest BCUT2D eigenvalue weighted by Crippen LogP contribution is 2.31. The highest BCUT2D eigenvalue weighted by atomic mass is 32.1. The number of aromatic amines is 1. The molecule has 1 fully saturated rings. The zero-order valence-corrected chi connectivity index (χ0v) is 12.4. The molecule has 1 saturated carbocycles. The Kier molecular flexibility index (Phi) is 3.63. The van der Waals surface area contributed by atoms with Gasteiger partial charge in [-0.3, -0.25) is 14.2 Å². The second-order valence-corrected chi connectivity index (χ2v) is 5.96. The minimum absolute atomic E-state index is 0.0582. The summed E-state index contributed by atoms with van der Waals surface area (Å²) in [4.78, 5) is 27.2. The molecule has 5 nitrogen and oxygen atoms in total. The molecular weight excluding hydrogens is 286 g/mol. The highest BCUT2D eigenvalue weighted by Gasteiger charge is 2.28. The molecule has 2 atom stereocenters. The van der Waals surface area contributed by atoms with Crippen LogP contribution in [0.2, 0.25) is 0 Å². The van der Waals surface area contributed by atoms with E-state index in [0.29, 0.717) is 16.6 Å². The molecule has 1 aliphatic rings. The lowest BCUT2D eigenvalue weighted by atomic mass is 9.85. The predicted octanol–water partition coefficient (Wildman–Crippen LogP) is 2.28. The van der Waals surface area contributed by atoms with E-state index in [0.717, 1.165) is 24.8 Å². The summed E-state index contributed by atoms with van der Waals surface area (Å²) in [7, 11) is 0. The van der Waals surface area contributed by atoms with E-state index in [-0.39, 0.29) is 23.4 Å². The average Bonchev–Trinajstić information content (AvgIpc) is 2.47. The Balaban J connectivity index is 2.10. The smallest absolute Gasteiger partial charge is 0.262 e. The number of para-hydroxylation sites is 1. The average molecular weight is 303 g/mol. The quantitative estimate of drug-likeness (QED) is 0.835. The minimum atomic E-state index is -0.288. The molecule has 21 heavy (non-hydrogen) atoms. The van der Waals surface area contributed by atoms with Gasteiger partial charge in [0.1, 0.15) is 0 Å². The SMILES string of the molecule is NC(=O)[C@@H]1CCC[C@@H](n2c(=S)[nH]c3ccccc3c2=O)C1. The first kappa shape index (κ1) is 14.0. The molecule has 3 N–H and O–H groups in total. The molecule has 0 saturated heterocycles. The third-order valence-corrected chi connectivity index (χ3v) is 4.55. The zero-order chi connectivity index (χ0) is 15.0. The normalized spacial score (nSPS) is 22.3. The summed E-state index contributed by atoms with van der Waals surface area (Å²) in [5, 5.41) is 0.618. The molecule has 0 bridgehead atoms. The number of carbonyl (C=O) groups is 1. The number of fused-ring (bicyclic) bond motifs is 1. The van der Waals surface area contributed by atoms with E-state index in [9.17, 15) is 9.59 Å². The summed E-state index contributed by atoms with van der Waals surface area (Å²) in [6.07, 6.45) is 3.11. The molecule has 0 unspecified atom stereocenters. The van der Waals surface area contributed by atoms with E-state index in [2.05, 4.69) is 4.98 Å². The van der Waals surface area contributed by atoms with Gasteiger partial charge in [-0.1, -0.05) is 18.6 Å². The van der Waals surface area contributed by atoms with Crippen molar-refractivity contribution in [2.75, 3.05) is 0 Å². The number of rotatable bonds is 2. The van der Waals surface area contributed by atoms with Gasteiger partial charge in [-0.25, -0.2) is 0 Å². The molecule has 0 aliphatic heterocycles. The number of nitrogens with two attached hydrogens (primary N) is 1. The summed E-state index contributed by atoms with van der Waals surface area (Å²) >= 11 is 5.34. The molecule has 1 aromatic heterocycles. The van der Waals surface area contributed by atoms with Gasteiger partial charge in [-0.15, -0.1) is 0 Å². The number of carbonyl (C=O) groups excluding carboxylic acids is 1. The van der Waals surface area contributed by atoms with Gasteiger partial charge >= 0.3 is 0 Å². The maximum atomic E-state index is 12.7. The number of primary amides is 1. The summed E-state index contributed by atoms with van der Waals surface area (Å²) in [5.41, 5.74) is 6.06. The fraction of sp³-hybridized carbons (Fsp3) is 0.400.